The van der Waals surface area contributed by atoms with Crippen molar-refractivity contribution in [2.75, 3.05) is 11.9 Å². The zero-order chi connectivity index (χ0) is 18.0. The molecular formula is C20H19N3O3. The van der Waals surface area contributed by atoms with Crippen molar-refractivity contribution in [2.24, 2.45) is 0 Å². The van der Waals surface area contributed by atoms with E-state index in [1.54, 1.807) is 42.7 Å². The average Bonchev–Trinajstić information content (AvgIpc) is 2.68. The number of nitrogens with one attached hydrogen (secondary N) is 1. The summed E-state index contributed by atoms with van der Waals surface area (Å²) in [7, 11) is 0. The Morgan fingerprint density at radius 1 is 0.885 bits per heavy atom. The van der Waals surface area contributed by atoms with E-state index in [4.69, 9.17) is 9.47 Å². The van der Waals surface area contributed by atoms with Crippen molar-refractivity contribution in [3.8, 4) is 17.5 Å². The molecule has 0 aliphatic rings. The van der Waals surface area contributed by atoms with E-state index in [-0.39, 0.29) is 11.9 Å². The normalized spacial score (nSPS) is 10.2. The van der Waals surface area contributed by atoms with Gasteiger partial charge in [-0.2, -0.15) is 0 Å². The van der Waals surface area contributed by atoms with E-state index >= 15 is 0 Å². The molecule has 6 nitrogen and oxygen atoms in total. The van der Waals surface area contributed by atoms with Crippen molar-refractivity contribution in [2.45, 2.75) is 12.8 Å². The summed E-state index contributed by atoms with van der Waals surface area (Å²) in [6, 6.07) is 18.6. The number of anilines is 1. The molecule has 1 aromatic heterocycles. The number of amides is 1. The van der Waals surface area contributed by atoms with E-state index in [0.29, 0.717) is 30.9 Å². The number of nitrogens with zero attached hydrogens (tertiary/aromatic N) is 2. The van der Waals surface area contributed by atoms with Crippen LogP contribution in [0.25, 0.3) is 0 Å². The molecule has 0 spiro atoms. The molecule has 1 heterocycles. The van der Waals surface area contributed by atoms with E-state index < -0.39 is 0 Å². The number of carbonyl (C=O) groups excluding carboxylic acids is 1. The molecule has 0 aliphatic heterocycles. The maximum Gasteiger partial charge on any atom is 0.321 e. The van der Waals surface area contributed by atoms with Crippen LogP contribution < -0.4 is 14.8 Å². The third-order valence-corrected chi connectivity index (χ3v) is 3.45. The molecule has 3 aromatic rings. The quantitative estimate of drug-likeness (QED) is 0.621. The number of hydrogen-bond donors (Lipinski definition) is 1. The van der Waals surface area contributed by atoms with Crippen LogP contribution in [0.2, 0.25) is 0 Å². The van der Waals surface area contributed by atoms with Crippen LogP contribution in [0.15, 0.2) is 73.1 Å². The number of rotatable bonds is 8. The Morgan fingerprint density at radius 3 is 2.35 bits per heavy atom. The van der Waals surface area contributed by atoms with E-state index in [0.717, 1.165) is 5.75 Å². The zero-order valence-electron chi connectivity index (χ0n) is 14.2. The first-order valence-corrected chi connectivity index (χ1v) is 8.32. The van der Waals surface area contributed by atoms with Gasteiger partial charge in [0.05, 0.1) is 6.61 Å². The standard InChI is InChI=1S/C20H19N3O3/c24-19(8-4-15-25-17-6-2-1-3-7-17)23-16-9-11-18(12-10-16)26-20-21-13-5-14-22-20/h1-3,5-7,9-14H,4,8,15H2,(H,23,24). The molecule has 6 heteroatoms. The van der Waals surface area contributed by atoms with Crippen LogP contribution in [0.5, 0.6) is 17.5 Å². The van der Waals surface area contributed by atoms with Crippen LogP contribution in [0, 0.1) is 0 Å². The summed E-state index contributed by atoms with van der Waals surface area (Å²) in [4.78, 5) is 20.0. The molecule has 0 bridgehead atoms. The van der Waals surface area contributed by atoms with E-state index in [9.17, 15) is 4.79 Å². The minimum Gasteiger partial charge on any atom is -0.494 e. The fourth-order valence-corrected chi connectivity index (χ4v) is 2.21. The van der Waals surface area contributed by atoms with Gasteiger partial charge >= 0.3 is 6.01 Å². The Hall–Kier alpha value is -3.41. The van der Waals surface area contributed by atoms with E-state index in [2.05, 4.69) is 15.3 Å². The second-order valence-corrected chi connectivity index (χ2v) is 5.47. The van der Waals surface area contributed by atoms with Gasteiger partial charge in [-0.1, -0.05) is 18.2 Å². The molecular weight excluding hydrogens is 330 g/mol. The highest BCUT2D eigenvalue weighted by Crippen LogP contribution is 2.20. The first-order chi connectivity index (χ1) is 12.8. The van der Waals surface area contributed by atoms with Gasteiger partial charge in [0.2, 0.25) is 5.91 Å². The highest BCUT2D eigenvalue weighted by molar-refractivity contribution is 5.90. The third kappa shape index (κ3) is 5.59. The van der Waals surface area contributed by atoms with Crippen molar-refractivity contribution in [1.82, 2.24) is 9.97 Å². The van der Waals surface area contributed by atoms with Crippen molar-refractivity contribution in [3.05, 3.63) is 73.1 Å². The second-order valence-electron chi connectivity index (χ2n) is 5.47. The van der Waals surface area contributed by atoms with Crippen molar-refractivity contribution in [3.63, 3.8) is 0 Å². The molecule has 1 amide bonds. The Labute approximate surface area is 151 Å². The minimum atomic E-state index is -0.0540. The lowest BCUT2D eigenvalue weighted by molar-refractivity contribution is -0.116. The van der Waals surface area contributed by atoms with Crippen molar-refractivity contribution in [1.29, 1.82) is 0 Å². The Bertz CT molecular complexity index is 809. The summed E-state index contributed by atoms with van der Waals surface area (Å²) < 4.78 is 11.1. The zero-order valence-corrected chi connectivity index (χ0v) is 14.2. The maximum atomic E-state index is 12.0. The first kappa shape index (κ1) is 17.4. The number of aromatic nitrogens is 2. The predicted molar refractivity (Wildman–Crippen MR) is 98.3 cm³/mol. The highest BCUT2D eigenvalue weighted by atomic mass is 16.5. The highest BCUT2D eigenvalue weighted by Gasteiger charge is 2.04. The summed E-state index contributed by atoms with van der Waals surface area (Å²) >= 11 is 0. The summed E-state index contributed by atoms with van der Waals surface area (Å²) in [6.45, 7) is 0.501. The molecule has 0 aliphatic carbocycles. The molecule has 0 saturated heterocycles. The molecule has 0 fully saturated rings. The number of benzene rings is 2. The molecule has 2 aromatic carbocycles. The molecule has 3 rings (SSSR count). The van der Waals surface area contributed by atoms with Crippen LogP contribution in [-0.2, 0) is 4.79 Å². The van der Waals surface area contributed by atoms with Gasteiger partial charge < -0.3 is 14.8 Å². The monoisotopic (exact) mass is 349 g/mol. The van der Waals surface area contributed by atoms with Crippen molar-refractivity contribution >= 4 is 11.6 Å². The van der Waals surface area contributed by atoms with E-state index in [1.807, 2.05) is 30.3 Å². The lowest BCUT2D eigenvalue weighted by Crippen LogP contribution is -2.12. The summed E-state index contributed by atoms with van der Waals surface area (Å²) in [5.41, 5.74) is 0.709. The summed E-state index contributed by atoms with van der Waals surface area (Å²) in [5.74, 6) is 1.36. The fourth-order valence-electron chi connectivity index (χ4n) is 2.21. The maximum absolute atomic E-state index is 12.0. The van der Waals surface area contributed by atoms with Crippen LogP contribution in [0.4, 0.5) is 5.69 Å². The van der Waals surface area contributed by atoms with Crippen LogP contribution in [0.1, 0.15) is 12.8 Å². The van der Waals surface area contributed by atoms with Gasteiger partial charge in [0.25, 0.3) is 0 Å². The molecule has 0 saturated carbocycles. The lowest BCUT2D eigenvalue weighted by atomic mass is 10.2. The third-order valence-electron chi connectivity index (χ3n) is 3.45. The summed E-state index contributed by atoms with van der Waals surface area (Å²) in [6.07, 6.45) is 4.26. The van der Waals surface area contributed by atoms with Crippen LogP contribution in [-0.4, -0.2) is 22.5 Å². The first-order valence-electron chi connectivity index (χ1n) is 8.32. The van der Waals surface area contributed by atoms with Gasteiger partial charge in [0.1, 0.15) is 11.5 Å². The van der Waals surface area contributed by atoms with Gasteiger partial charge in [0, 0.05) is 24.5 Å². The minimum absolute atomic E-state index is 0.0540. The van der Waals surface area contributed by atoms with E-state index in [1.165, 1.54) is 0 Å². The van der Waals surface area contributed by atoms with Gasteiger partial charge in [-0.3, -0.25) is 4.79 Å². The van der Waals surface area contributed by atoms with Crippen molar-refractivity contribution < 1.29 is 14.3 Å². The van der Waals surface area contributed by atoms with Gasteiger partial charge in [0.15, 0.2) is 0 Å². The Balaban J connectivity index is 1.40. The molecule has 26 heavy (non-hydrogen) atoms. The average molecular weight is 349 g/mol. The lowest BCUT2D eigenvalue weighted by Gasteiger charge is -2.08. The number of hydrogen-bond acceptors (Lipinski definition) is 5. The number of para-hydroxylation sites is 1. The fraction of sp³-hybridized carbons (Fsp3) is 0.150. The molecule has 0 atom stereocenters. The second kappa shape index (κ2) is 9.17. The Morgan fingerprint density at radius 2 is 1.62 bits per heavy atom. The van der Waals surface area contributed by atoms with Gasteiger partial charge in [-0.15, -0.1) is 0 Å². The van der Waals surface area contributed by atoms with Crippen LogP contribution >= 0.6 is 0 Å². The van der Waals surface area contributed by atoms with Gasteiger partial charge in [-0.05, 0) is 48.9 Å². The molecule has 0 radical (unpaired) electrons. The number of carbonyl (C=O) groups is 1. The Kier molecular flexibility index (Phi) is 6.14. The molecule has 0 unspecified atom stereocenters. The molecule has 132 valence electrons. The topological polar surface area (TPSA) is 73.3 Å². The van der Waals surface area contributed by atoms with Crippen LogP contribution in [0.3, 0.4) is 0 Å². The predicted octanol–water partition coefficient (Wildman–Crippen LogP) is 4.07. The number of ether oxygens (including phenoxy) is 2. The summed E-state index contributed by atoms with van der Waals surface area (Å²) in [5, 5.41) is 2.85. The molecule has 1 N–H and O–H groups in total. The van der Waals surface area contributed by atoms with Gasteiger partial charge in [-0.25, -0.2) is 9.97 Å². The smallest absolute Gasteiger partial charge is 0.321 e. The largest absolute Gasteiger partial charge is 0.494 e. The SMILES string of the molecule is O=C(CCCOc1ccccc1)Nc1ccc(Oc2ncccn2)cc1.